The minimum Gasteiger partial charge on any atom is -0.352 e. The minimum absolute atomic E-state index is 0.781. The zero-order chi connectivity index (χ0) is 9.40. The van der Waals surface area contributed by atoms with E-state index in [-0.39, 0.29) is 0 Å². The molecular formula is C7H17N3OS. The number of carbonyl (C=O) groups is 1. The summed E-state index contributed by atoms with van der Waals surface area (Å²) in [5, 5.41) is 6.20. The Labute approximate surface area is 77.4 Å². The van der Waals surface area contributed by atoms with Gasteiger partial charge in [-0.1, -0.05) is 31.2 Å². The number of carbonyl (C=O) groups excluding carboxylic acids is 1. The van der Waals surface area contributed by atoms with Gasteiger partial charge in [-0.25, -0.2) is 4.79 Å². The van der Waals surface area contributed by atoms with E-state index in [1.54, 1.807) is 11.9 Å². The van der Waals surface area contributed by atoms with Gasteiger partial charge in [0.1, 0.15) is 0 Å². The van der Waals surface area contributed by atoms with Crippen LogP contribution in [0.1, 0.15) is 32.1 Å². The summed E-state index contributed by atoms with van der Waals surface area (Å²) in [7, 11) is 0. The number of urea groups is 1. The number of primary amides is 2. The Morgan fingerprint density at radius 3 is 1.83 bits per heavy atom. The molecule has 0 aliphatic heterocycles. The molecule has 0 aromatic heterocycles. The Bertz CT molecular complexity index is 122. The number of amides is 2. The van der Waals surface area contributed by atoms with E-state index in [4.69, 9.17) is 9.93 Å². The second-order valence-corrected chi connectivity index (χ2v) is 3.74. The quantitative estimate of drug-likeness (QED) is 0.538. The van der Waals surface area contributed by atoms with Crippen LogP contribution in [0.15, 0.2) is 0 Å². The molecule has 0 saturated heterocycles. The molecule has 6 N–H and O–H groups in total. The van der Waals surface area contributed by atoms with Crippen LogP contribution in [0.2, 0.25) is 0 Å². The van der Waals surface area contributed by atoms with Gasteiger partial charge in [-0.05, 0) is 12.8 Å². The molecule has 1 fully saturated rings. The van der Waals surface area contributed by atoms with Gasteiger partial charge in [0, 0.05) is 5.25 Å². The van der Waals surface area contributed by atoms with Gasteiger partial charge in [0.2, 0.25) is 0 Å². The minimum atomic E-state index is -0.833. The van der Waals surface area contributed by atoms with Crippen molar-refractivity contribution in [1.82, 2.24) is 0 Å². The standard InChI is InChI=1S/C6H13NS.CH4N2O/c7-8-6-4-2-1-3-5-6;2-1(3)4/h6H,1-5,7H2;(H4,2,3,4). The molecule has 1 rings (SSSR count). The van der Waals surface area contributed by atoms with Crippen LogP contribution in [0.5, 0.6) is 0 Å². The van der Waals surface area contributed by atoms with Crippen molar-refractivity contribution in [3.8, 4) is 0 Å². The lowest BCUT2D eigenvalue weighted by Gasteiger charge is -2.17. The zero-order valence-electron chi connectivity index (χ0n) is 7.16. The van der Waals surface area contributed by atoms with E-state index in [0.29, 0.717) is 0 Å². The van der Waals surface area contributed by atoms with E-state index >= 15 is 0 Å². The zero-order valence-corrected chi connectivity index (χ0v) is 7.98. The summed E-state index contributed by atoms with van der Waals surface area (Å²) >= 11 is 1.55. The maximum atomic E-state index is 9.00. The van der Waals surface area contributed by atoms with Crippen LogP contribution in [-0.4, -0.2) is 11.3 Å². The molecule has 0 atom stereocenters. The summed E-state index contributed by atoms with van der Waals surface area (Å²) in [5.74, 6) is 0. The molecule has 0 unspecified atom stereocenters. The Hall–Kier alpha value is -0.420. The molecule has 0 aromatic carbocycles. The van der Waals surface area contributed by atoms with E-state index in [9.17, 15) is 0 Å². The smallest absolute Gasteiger partial charge is 0.309 e. The molecule has 4 nitrogen and oxygen atoms in total. The Balaban J connectivity index is 0.000000261. The first-order valence-corrected chi connectivity index (χ1v) is 5.01. The van der Waals surface area contributed by atoms with Crippen LogP contribution in [0.3, 0.4) is 0 Å². The van der Waals surface area contributed by atoms with Crippen LogP contribution in [-0.2, 0) is 0 Å². The van der Waals surface area contributed by atoms with Crippen molar-refractivity contribution in [3.63, 3.8) is 0 Å². The van der Waals surface area contributed by atoms with Gasteiger partial charge in [0.05, 0.1) is 0 Å². The van der Waals surface area contributed by atoms with Gasteiger partial charge in [-0.2, -0.15) is 0 Å². The number of hydrogen-bond donors (Lipinski definition) is 3. The third-order valence-corrected chi connectivity index (χ3v) is 2.60. The van der Waals surface area contributed by atoms with Crippen LogP contribution >= 0.6 is 11.9 Å². The number of hydrogen-bond acceptors (Lipinski definition) is 3. The van der Waals surface area contributed by atoms with E-state index < -0.39 is 6.03 Å². The van der Waals surface area contributed by atoms with Crippen LogP contribution in [0.4, 0.5) is 4.79 Å². The Kier molecular flexibility index (Phi) is 6.99. The fourth-order valence-corrected chi connectivity index (χ4v) is 1.81. The van der Waals surface area contributed by atoms with Gasteiger partial charge >= 0.3 is 6.03 Å². The van der Waals surface area contributed by atoms with E-state index in [0.717, 1.165) is 5.25 Å². The third-order valence-electron chi connectivity index (χ3n) is 1.74. The Morgan fingerprint density at radius 1 is 1.17 bits per heavy atom. The second kappa shape index (κ2) is 7.24. The predicted octanol–water partition coefficient (Wildman–Crippen LogP) is 0.950. The molecular weight excluding hydrogens is 174 g/mol. The third kappa shape index (κ3) is 7.68. The van der Waals surface area contributed by atoms with Crippen molar-refractivity contribution in [2.75, 3.05) is 0 Å². The van der Waals surface area contributed by atoms with Crippen molar-refractivity contribution in [2.24, 2.45) is 16.6 Å². The normalized spacial score (nSPS) is 17.8. The van der Waals surface area contributed by atoms with Gasteiger partial charge in [-0.3, -0.25) is 5.14 Å². The highest BCUT2D eigenvalue weighted by molar-refractivity contribution is 7.97. The molecule has 1 aliphatic carbocycles. The summed E-state index contributed by atoms with van der Waals surface area (Å²) in [6.07, 6.45) is 6.92. The number of rotatable bonds is 1. The van der Waals surface area contributed by atoms with Gasteiger partial charge in [0.15, 0.2) is 0 Å². The van der Waals surface area contributed by atoms with Crippen molar-refractivity contribution in [3.05, 3.63) is 0 Å². The van der Waals surface area contributed by atoms with Gasteiger partial charge in [0.25, 0.3) is 0 Å². The first-order chi connectivity index (χ1) is 5.66. The summed E-state index contributed by atoms with van der Waals surface area (Å²) < 4.78 is 0. The highest BCUT2D eigenvalue weighted by atomic mass is 32.2. The molecule has 0 radical (unpaired) electrons. The molecule has 1 aliphatic rings. The molecule has 5 heteroatoms. The lowest BCUT2D eigenvalue weighted by Crippen LogP contribution is -2.18. The molecule has 72 valence electrons. The Morgan fingerprint density at radius 2 is 1.58 bits per heavy atom. The summed E-state index contributed by atoms with van der Waals surface area (Å²) in [4.78, 5) is 9.00. The molecule has 0 bridgehead atoms. The molecule has 0 heterocycles. The fraction of sp³-hybridized carbons (Fsp3) is 0.857. The maximum absolute atomic E-state index is 9.00. The maximum Gasteiger partial charge on any atom is 0.309 e. The average molecular weight is 191 g/mol. The van der Waals surface area contributed by atoms with Crippen molar-refractivity contribution >= 4 is 18.0 Å². The topological polar surface area (TPSA) is 95.1 Å². The SMILES string of the molecule is NC(N)=O.NSC1CCCCC1. The van der Waals surface area contributed by atoms with E-state index in [1.807, 2.05) is 0 Å². The highest BCUT2D eigenvalue weighted by Crippen LogP contribution is 2.24. The van der Waals surface area contributed by atoms with E-state index in [1.165, 1.54) is 32.1 Å². The monoisotopic (exact) mass is 191 g/mol. The van der Waals surface area contributed by atoms with Crippen LogP contribution in [0, 0.1) is 0 Å². The van der Waals surface area contributed by atoms with Gasteiger partial charge < -0.3 is 11.5 Å². The summed E-state index contributed by atoms with van der Waals surface area (Å²) in [6, 6.07) is -0.833. The summed E-state index contributed by atoms with van der Waals surface area (Å²) in [5.41, 5.74) is 8.50. The summed E-state index contributed by atoms with van der Waals surface area (Å²) in [6.45, 7) is 0. The molecule has 0 aromatic rings. The second-order valence-electron chi connectivity index (χ2n) is 2.80. The van der Waals surface area contributed by atoms with Crippen LogP contribution in [0.25, 0.3) is 0 Å². The van der Waals surface area contributed by atoms with Gasteiger partial charge in [-0.15, -0.1) is 0 Å². The predicted molar refractivity (Wildman–Crippen MR) is 52.4 cm³/mol. The lowest BCUT2D eigenvalue weighted by molar-refractivity contribution is 0.256. The average Bonchev–Trinajstić information content (AvgIpc) is 2.05. The molecule has 12 heavy (non-hydrogen) atoms. The lowest BCUT2D eigenvalue weighted by atomic mass is 10.0. The van der Waals surface area contributed by atoms with Crippen molar-refractivity contribution in [2.45, 2.75) is 37.4 Å². The van der Waals surface area contributed by atoms with Crippen molar-refractivity contribution < 1.29 is 4.79 Å². The van der Waals surface area contributed by atoms with Crippen molar-refractivity contribution in [1.29, 1.82) is 0 Å². The molecule has 1 saturated carbocycles. The fourth-order valence-electron chi connectivity index (χ4n) is 1.20. The van der Waals surface area contributed by atoms with E-state index in [2.05, 4.69) is 11.5 Å². The molecule has 0 spiro atoms. The van der Waals surface area contributed by atoms with Crippen LogP contribution < -0.4 is 16.6 Å². The number of nitrogens with two attached hydrogens (primary N) is 3. The largest absolute Gasteiger partial charge is 0.352 e. The first-order valence-electron chi connectivity index (χ1n) is 4.07. The highest BCUT2D eigenvalue weighted by Gasteiger charge is 2.10. The first kappa shape index (κ1) is 11.6. The molecule has 2 amide bonds.